The molecule has 39 heavy (non-hydrogen) atoms. The summed E-state index contributed by atoms with van der Waals surface area (Å²) >= 11 is 0. The van der Waals surface area contributed by atoms with E-state index < -0.39 is 54.9 Å². The fourth-order valence-corrected chi connectivity index (χ4v) is 5.12. The number of fused-ring (bicyclic) bond motifs is 1. The smallest absolute Gasteiger partial charge is 0.229 e. The van der Waals surface area contributed by atoms with Crippen LogP contribution >= 0.6 is 0 Å². The van der Waals surface area contributed by atoms with Crippen LogP contribution in [0.5, 0.6) is 17.2 Å². The number of hydrogen-bond acceptors (Lipinski definition) is 10. The zero-order valence-corrected chi connectivity index (χ0v) is 21.9. The fraction of sp³-hybridized carbons (Fsp3) is 0.414. The Kier molecular flexibility index (Phi) is 8.75. The summed E-state index contributed by atoms with van der Waals surface area (Å²) in [7, 11) is 1.38. The summed E-state index contributed by atoms with van der Waals surface area (Å²) in [5.41, 5.74) is 1.82. The van der Waals surface area contributed by atoms with Crippen molar-refractivity contribution >= 4 is 16.6 Å². The number of aromatic hydroxyl groups is 1. The second kappa shape index (κ2) is 11.9. The van der Waals surface area contributed by atoms with Gasteiger partial charge in [0.1, 0.15) is 41.7 Å². The Hall–Kier alpha value is -3.25. The SMILES string of the molecule is COc1cc(O[C@@H]2O[C@H]([C@H](O)CCc3ccccc3)[C@@H](O)[C@H](O)[C@H]2O)c2c(O)c(C(C)=O)c(C)cc2c1CO. The van der Waals surface area contributed by atoms with E-state index in [0.717, 1.165) is 5.56 Å². The van der Waals surface area contributed by atoms with E-state index in [4.69, 9.17) is 14.2 Å². The van der Waals surface area contributed by atoms with Crippen LogP contribution in [0.2, 0.25) is 0 Å². The van der Waals surface area contributed by atoms with Crippen molar-refractivity contribution in [2.75, 3.05) is 7.11 Å². The molecular formula is C29H34O10. The second-order valence-corrected chi connectivity index (χ2v) is 9.76. The van der Waals surface area contributed by atoms with E-state index >= 15 is 0 Å². The third kappa shape index (κ3) is 5.58. The van der Waals surface area contributed by atoms with Gasteiger partial charge in [0.2, 0.25) is 6.29 Å². The number of carbonyl (C=O) groups excluding carboxylic acids is 1. The molecule has 10 nitrogen and oxygen atoms in total. The van der Waals surface area contributed by atoms with Crippen molar-refractivity contribution in [2.24, 2.45) is 0 Å². The van der Waals surface area contributed by atoms with E-state index in [-0.39, 0.29) is 28.9 Å². The summed E-state index contributed by atoms with van der Waals surface area (Å²) in [6, 6.07) is 12.4. The van der Waals surface area contributed by atoms with Crippen molar-refractivity contribution in [1.82, 2.24) is 0 Å². The zero-order chi connectivity index (χ0) is 28.4. The van der Waals surface area contributed by atoms with Crippen LogP contribution in [0.4, 0.5) is 0 Å². The molecule has 0 amide bonds. The van der Waals surface area contributed by atoms with Gasteiger partial charge in [0, 0.05) is 11.6 Å². The normalized spacial score (nSPS) is 23.9. The van der Waals surface area contributed by atoms with Crippen molar-refractivity contribution < 1.29 is 49.6 Å². The van der Waals surface area contributed by atoms with Crippen LogP contribution in [0.1, 0.15) is 40.4 Å². The van der Waals surface area contributed by atoms with Crippen molar-refractivity contribution in [1.29, 1.82) is 0 Å². The largest absolute Gasteiger partial charge is 0.506 e. The molecule has 10 heteroatoms. The van der Waals surface area contributed by atoms with Crippen LogP contribution in [0.15, 0.2) is 42.5 Å². The van der Waals surface area contributed by atoms with Crippen LogP contribution in [0, 0.1) is 6.92 Å². The van der Waals surface area contributed by atoms with E-state index in [0.29, 0.717) is 22.9 Å². The van der Waals surface area contributed by atoms with Gasteiger partial charge in [-0.2, -0.15) is 0 Å². The Bertz CT molecular complexity index is 1330. The lowest BCUT2D eigenvalue weighted by molar-refractivity contribution is -0.288. The van der Waals surface area contributed by atoms with Crippen LogP contribution in [-0.4, -0.2) is 80.3 Å². The molecule has 6 atom stereocenters. The number of hydrogen-bond donors (Lipinski definition) is 6. The molecule has 0 unspecified atom stereocenters. The monoisotopic (exact) mass is 542 g/mol. The fourth-order valence-electron chi connectivity index (χ4n) is 5.12. The molecule has 1 fully saturated rings. The average molecular weight is 543 g/mol. The van der Waals surface area contributed by atoms with Crippen LogP contribution in [-0.2, 0) is 17.8 Å². The predicted octanol–water partition coefficient (Wildman–Crippen LogP) is 1.74. The van der Waals surface area contributed by atoms with Crippen LogP contribution < -0.4 is 9.47 Å². The molecule has 3 aromatic carbocycles. The molecule has 0 radical (unpaired) electrons. The summed E-state index contributed by atoms with van der Waals surface area (Å²) in [6.07, 6.45) is -8.45. The Balaban J connectivity index is 1.71. The van der Waals surface area contributed by atoms with E-state index in [2.05, 4.69) is 0 Å². The molecular weight excluding hydrogens is 508 g/mol. The van der Waals surface area contributed by atoms with Gasteiger partial charge < -0.3 is 44.8 Å². The first kappa shape index (κ1) is 28.8. The molecule has 6 N–H and O–H groups in total. The predicted molar refractivity (Wildman–Crippen MR) is 141 cm³/mol. The number of ketones is 1. The third-order valence-electron chi connectivity index (χ3n) is 7.16. The zero-order valence-electron chi connectivity index (χ0n) is 21.9. The second-order valence-electron chi connectivity index (χ2n) is 9.76. The topological polar surface area (TPSA) is 166 Å². The Morgan fingerprint density at radius 2 is 1.74 bits per heavy atom. The lowest BCUT2D eigenvalue weighted by Crippen LogP contribution is -2.62. The maximum absolute atomic E-state index is 12.3. The van der Waals surface area contributed by atoms with Crippen molar-refractivity contribution in [3.63, 3.8) is 0 Å². The molecule has 0 aromatic heterocycles. The Morgan fingerprint density at radius 1 is 1.05 bits per heavy atom. The molecule has 1 saturated heterocycles. The number of phenolic OH excluding ortho intramolecular Hbond substituents is 1. The lowest BCUT2D eigenvalue weighted by atomic mass is 9.92. The number of aliphatic hydroxyl groups excluding tert-OH is 5. The third-order valence-corrected chi connectivity index (χ3v) is 7.16. The standard InChI is InChI=1S/C29H34O10/c1-14-11-17-18(13-30)20(37-3)12-21(23(17)24(33)22(14)15(2)31)38-29-27(36)25(34)26(35)28(39-29)19(32)10-9-16-7-5-4-6-8-16/h4-8,11-12,19,25-30,32-36H,9-10,13H2,1-3H3/t19-,25+,26+,27-,28-,29-/m1/s1. The number of aliphatic hydroxyl groups is 5. The number of Topliss-reactive ketones (excluding diaryl/α,β-unsaturated/α-hetero) is 1. The van der Waals surface area contributed by atoms with E-state index in [1.54, 1.807) is 13.0 Å². The van der Waals surface area contributed by atoms with Gasteiger partial charge in [0.15, 0.2) is 5.78 Å². The number of rotatable bonds is 9. The van der Waals surface area contributed by atoms with E-state index in [1.807, 2.05) is 30.3 Å². The quantitative estimate of drug-likeness (QED) is 0.219. The molecule has 0 aliphatic carbocycles. The number of aryl methyl sites for hydroxylation is 2. The average Bonchev–Trinajstić information content (AvgIpc) is 2.91. The molecule has 3 aromatic rings. The van der Waals surface area contributed by atoms with Gasteiger partial charge in [-0.3, -0.25) is 4.79 Å². The van der Waals surface area contributed by atoms with Crippen molar-refractivity contribution in [2.45, 2.75) is 70.1 Å². The Morgan fingerprint density at radius 3 is 2.36 bits per heavy atom. The van der Waals surface area contributed by atoms with Crippen molar-refractivity contribution in [3.8, 4) is 17.2 Å². The summed E-state index contributed by atoms with van der Waals surface area (Å²) < 4.78 is 17.1. The van der Waals surface area contributed by atoms with Gasteiger partial charge in [-0.15, -0.1) is 0 Å². The first-order valence-corrected chi connectivity index (χ1v) is 12.6. The molecule has 1 aliphatic heterocycles. The van der Waals surface area contributed by atoms with E-state index in [9.17, 15) is 35.4 Å². The molecule has 210 valence electrons. The molecule has 0 spiro atoms. The molecule has 1 heterocycles. The summed E-state index contributed by atoms with van der Waals surface area (Å²) in [5, 5.41) is 64.2. The molecule has 0 bridgehead atoms. The summed E-state index contributed by atoms with van der Waals surface area (Å²) in [6.45, 7) is 2.50. The lowest BCUT2D eigenvalue weighted by Gasteiger charge is -2.42. The van der Waals surface area contributed by atoms with Gasteiger partial charge in [-0.25, -0.2) is 0 Å². The van der Waals surface area contributed by atoms with Gasteiger partial charge in [0.05, 0.1) is 30.8 Å². The maximum atomic E-state index is 12.3. The van der Waals surface area contributed by atoms with Crippen molar-refractivity contribution in [3.05, 3.63) is 64.7 Å². The number of benzene rings is 3. The molecule has 0 saturated carbocycles. The highest BCUT2D eigenvalue weighted by Gasteiger charge is 2.47. The summed E-state index contributed by atoms with van der Waals surface area (Å²) in [4.78, 5) is 12.3. The maximum Gasteiger partial charge on any atom is 0.229 e. The first-order valence-electron chi connectivity index (χ1n) is 12.6. The highest BCUT2D eigenvalue weighted by Crippen LogP contribution is 2.44. The number of phenols is 1. The highest BCUT2D eigenvalue weighted by molar-refractivity contribution is 6.08. The molecule has 4 rings (SSSR count). The molecule has 1 aliphatic rings. The first-order chi connectivity index (χ1) is 18.6. The van der Waals surface area contributed by atoms with Gasteiger partial charge in [-0.1, -0.05) is 30.3 Å². The summed E-state index contributed by atoms with van der Waals surface area (Å²) in [5.74, 6) is -0.646. The van der Waals surface area contributed by atoms with Gasteiger partial charge in [-0.05, 0) is 49.3 Å². The van der Waals surface area contributed by atoms with E-state index in [1.165, 1.54) is 20.1 Å². The van der Waals surface area contributed by atoms with Crippen LogP contribution in [0.25, 0.3) is 10.8 Å². The highest BCUT2D eigenvalue weighted by atomic mass is 16.7. The number of ether oxygens (including phenoxy) is 3. The minimum absolute atomic E-state index is 0.0520. The van der Waals surface area contributed by atoms with Gasteiger partial charge >= 0.3 is 0 Å². The van der Waals surface area contributed by atoms with Gasteiger partial charge in [0.25, 0.3) is 0 Å². The number of methoxy groups -OCH3 is 1. The minimum Gasteiger partial charge on any atom is -0.506 e. The minimum atomic E-state index is -1.73. The Labute approximate surface area is 225 Å². The number of carbonyl (C=O) groups is 1. The van der Waals surface area contributed by atoms with Crippen LogP contribution in [0.3, 0.4) is 0 Å².